The number of alkyl halides is 3. The summed E-state index contributed by atoms with van der Waals surface area (Å²) in [6.07, 6.45) is 1.27. The van der Waals surface area contributed by atoms with E-state index in [9.17, 15) is 13.2 Å². The van der Waals surface area contributed by atoms with Crippen LogP contribution in [0, 0.1) is 0 Å². The molecule has 0 fully saturated rings. The van der Waals surface area contributed by atoms with E-state index in [1.807, 2.05) is 0 Å². The predicted molar refractivity (Wildman–Crippen MR) is 82.0 cm³/mol. The molecule has 0 amide bonds. The maximum atomic E-state index is 12.5. The van der Waals surface area contributed by atoms with E-state index in [2.05, 4.69) is 17.2 Å². The van der Waals surface area contributed by atoms with Gasteiger partial charge in [0.25, 0.3) is 0 Å². The Balaban J connectivity index is 2.27. The van der Waals surface area contributed by atoms with Crippen LogP contribution in [0.4, 0.5) is 13.2 Å². The lowest BCUT2D eigenvalue weighted by molar-refractivity contribution is -0.137. The second kappa shape index (κ2) is 9.54. The van der Waals surface area contributed by atoms with E-state index in [0.717, 1.165) is 37.5 Å². The highest BCUT2D eigenvalue weighted by Gasteiger charge is 2.31. The minimum absolute atomic E-state index is 0.0535. The minimum Gasteiger partial charge on any atom is -0.316 e. The van der Waals surface area contributed by atoms with Gasteiger partial charge in [0.2, 0.25) is 0 Å². The first-order valence-corrected chi connectivity index (χ1v) is 8.37. The molecule has 0 bridgehead atoms. The van der Waals surface area contributed by atoms with Crippen LogP contribution in [0.5, 0.6) is 0 Å². The maximum Gasteiger partial charge on any atom is 0.417 e. The lowest BCUT2D eigenvalue weighted by atomic mass is 10.2. The lowest BCUT2D eigenvalue weighted by Crippen LogP contribution is -2.18. The van der Waals surface area contributed by atoms with Crippen LogP contribution in [0.25, 0.3) is 0 Å². The van der Waals surface area contributed by atoms with E-state index in [0.29, 0.717) is 5.03 Å². The van der Waals surface area contributed by atoms with Gasteiger partial charge in [-0.3, -0.25) is 0 Å². The summed E-state index contributed by atoms with van der Waals surface area (Å²) in [5.41, 5.74) is -0.814. The van der Waals surface area contributed by atoms with Crippen molar-refractivity contribution in [1.82, 2.24) is 10.3 Å². The van der Waals surface area contributed by atoms with Crippen molar-refractivity contribution in [1.29, 1.82) is 0 Å². The van der Waals surface area contributed by atoms with Crippen molar-refractivity contribution >= 4 is 23.4 Å². The minimum atomic E-state index is -4.40. The van der Waals surface area contributed by atoms with E-state index in [-0.39, 0.29) is 5.02 Å². The zero-order chi connectivity index (χ0) is 15.7. The first-order chi connectivity index (χ1) is 9.95. The lowest BCUT2D eigenvalue weighted by Gasteiger charge is -2.09. The maximum absolute atomic E-state index is 12.5. The third kappa shape index (κ3) is 7.38. The summed E-state index contributed by atoms with van der Waals surface area (Å²) in [5.74, 6) is 0.728. The fourth-order valence-electron chi connectivity index (χ4n) is 1.71. The molecule has 1 aromatic rings. The number of aromatic nitrogens is 1. The molecule has 1 N–H and O–H groups in total. The largest absolute Gasteiger partial charge is 0.417 e. The van der Waals surface area contributed by atoms with Crippen LogP contribution >= 0.6 is 23.4 Å². The monoisotopic (exact) mass is 340 g/mol. The van der Waals surface area contributed by atoms with Crippen LogP contribution in [0.2, 0.25) is 5.02 Å². The first-order valence-electron chi connectivity index (χ1n) is 7.01. The average Bonchev–Trinajstić information content (AvgIpc) is 2.42. The van der Waals surface area contributed by atoms with Crippen molar-refractivity contribution in [3.8, 4) is 0 Å². The quantitative estimate of drug-likeness (QED) is 0.505. The van der Waals surface area contributed by atoms with Gasteiger partial charge in [-0.05, 0) is 19.0 Å². The van der Waals surface area contributed by atoms with Gasteiger partial charge in [0, 0.05) is 18.5 Å². The van der Waals surface area contributed by atoms with Crippen LogP contribution in [-0.2, 0) is 6.18 Å². The number of thioether (sulfide) groups is 1. The molecular weight excluding hydrogens is 321 g/mol. The van der Waals surface area contributed by atoms with Gasteiger partial charge in [0.05, 0.1) is 10.6 Å². The standard InChI is InChI=1S/C14H20ClF3N2S/c1-2-3-4-5-6-19-7-8-21-13-12(15)9-11(10-20-13)14(16,17)18/h9-10,19H,2-8H2,1H3. The normalized spacial score (nSPS) is 11.9. The summed E-state index contributed by atoms with van der Waals surface area (Å²) in [5, 5.41) is 3.79. The Morgan fingerprint density at radius 1 is 1.24 bits per heavy atom. The summed E-state index contributed by atoms with van der Waals surface area (Å²) in [7, 11) is 0. The number of nitrogens with one attached hydrogen (secondary N) is 1. The molecule has 0 aromatic carbocycles. The van der Waals surface area contributed by atoms with Gasteiger partial charge in [-0.15, -0.1) is 11.8 Å². The van der Waals surface area contributed by atoms with Crippen LogP contribution in [0.3, 0.4) is 0 Å². The Morgan fingerprint density at radius 2 is 2.00 bits per heavy atom. The van der Waals surface area contributed by atoms with Crippen LogP contribution in [-0.4, -0.2) is 23.8 Å². The molecule has 0 aliphatic heterocycles. The summed E-state index contributed by atoms with van der Waals surface area (Å²) >= 11 is 7.19. The summed E-state index contributed by atoms with van der Waals surface area (Å²) in [4.78, 5) is 3.79. The van der Waals surface area contributed by atoms with Crippen molar-refractivity contribution in [2.45, 2.75) is 43.8 Å². The first kappa shape index (κ1) is 18.6. The molecule has 1 heterocycles. The molecule has 0 aliphatic rings. The van der Waals surface area contributed by atoms with Crippen molar-refractivity contribution in [2.75, 3.05) is 18.8 Å². The van der Waals surface area contributed by atoms with Crippen molar-refractivity contribution in [3.63, 3.8) is 0 Å². The van der Waals surface area contributed by atoms with E-state index in [1.165, 1.54) is 31.0 Å². The summed E-state index contributed by atoms with van der Waals surface area (Å²) in [6.45, 7) is 3.93. The van der Waals surface area contributed by atoms with Gasteiger partial charge in [-0.25, -0.2) is 4.98 Å². The Bertz CT molecular complexity index is 427. The number of halogens is 4. The van der Waals surface area contributed by atoms with Gasteiger partial charge in [0.1, 0.15) is 5.03 Å². The van der Waals surface area contributed by atoms with Gasteiger partial charge >= 0.3 is 6.18 Å². The molecule has 21 heavy (non-hydrogen) atoms. The van der Waals surface area contributed by atoms with Gasteiger partial charge in [-0.1, -0.05) is 37.8 Å². The SMILES string of the molecule is CCCCCCNCCSc1ncc(C(F)(F)F)cc1Cl. The second-order valence-corrected chi connectivity index (χ2v) is 6.16. The topological polar surface area (TPSA) is 24.9 Å². The highest BCUT2D eigenvalue weighted by atomic mass is 35.5. The van der Waals surface area contributed by atoms with E-state index in [4.69, 9.17) is 11.6 Å². The highest BCUT2D eigenvalue weighted by molar-refractivity contribution is 7.99. The fourth-order valence-corrected chi connectivity index (χ4v) is 2.80. The van der Waals surface area contributed by atoms with Gasteiger partial charge in [0.15, 0.2) is 0 Å². The second-order valence-electron chi connectivity index (χ2n) is 4.67. The smallest absolute Gasteiger partial charge is 0.316 e. The van der Waals surface area contributed by atoms with Gasteiger partial charge < -0.3 is 5.32 Å². The third-order valence-electron chi connectivity index (χ3n) is 2.86. The number of hydrogen-bond donors (Lipinski definition) is 1. The average molecular weight is 341 g/mol. The molecule has 120 valence electrons. The molecule has 0 radical (unpaired) electrons. The van der Waals surface area contributed by atoms with Crippen molar-refractivity contribution in [2.24, 2.45) is 0 Å². The van der Waals surface area contributed by atoms with E-state index in [1.54, 1.807) is 0 Å². The predicted octanol–water partition coefficient (Wildman–Crippen LogP) is 5.02. The number of pyridine rings is 1. The van der Waals surface area contributed by atoms with Crippen molar-refractivity contribution in [3.05, 3.63) is 22.8 Å². The zero-order valence-corrected chi connectivity index (χ0v) is 13.5. The molecule has 0 atom stereocenters. The molecule has 0 saturated carbocycles. The van der Waals surface area contributed by atoms with Crippen molar-refractivity contribution < 1.29 is 13.2 Å². The number of hydrogen-bond acceptors (Lipinski definition) is 3. The zero-order valence-electron chi connectivity index (χ0n) is 12.0. The highest BCUT2D eigenvalue weighted by Crippen LogP contribution is 2.33. The number of nitrogens with zero attached hydrogens (tertiary/aromatic N) is 1. The molecule has 0 saturated heterocycles. The molecular formula is C14H20ClF3N2S. The van der Waals surface area contributed by atoms with Crippen LogP contribution in [0.1, 0.15) is 38.2 Å². The Hall–Kier alpha value is -0.460. The summed E-state index contributed by atoms with van der Waals surface area (Å²) < 4.78 is 37.4. The van der Waals surface area contributed by atoms with Gasteiger partial charge in [-0.2, -0.15) is 13.2 Å². The summed E-state index contributed by atoms with van der Waals surface area (Å²) in [6, 6.07) is 0.926. The van der Waals surface area contributed by atoms with Crippen LogP contribution in [0.15, 0.2) is 17.3 Å². The van der Waals surface area contributed by atoms with E-state index >= 15 is 0 Å². The molecule has 7 heteroatoms. The number of unbranched alkanes of at least 4 members (excludes halogenated alkanes) is 3. The third-order valence-corrected chi connectivity index (χ3v) is 4.27. The Morgan fingerprint density at radius 3 is 2.62 bits per heavy atom. The fraction of sp³-hybridized carbons (Fsp3) is 0.643. The molecule has 1 rings (SSSR count). The number of rotatable bonds is 9. The molecule has 2 nitrogen and oxygen atoms in total. The van der Waals surface area contributed by atoms with E-state index < -0.39 is 11.7 Å². The molecule has 0 aliphatic carbocycles. The molecule has 1 aromatic heterocycles. The van der Waals surface area contributed by atoms with Crippen LogP contribution < -0.4 is 5.32 Å². The Labute approximate surface area is 132 Å². The molecule has 0 spiro atoms. The molecule has 0 unspecified atom stereocenters. The Kier molecular flexibility index (Phi) is 8.44.